The van der Waals surface area contributed by atoms with E-state index in [9.17, 15) is 4.79 Å². The molecule has 0 amide bonds. The fraction of sp³-hybridized carbons (Fsp3) is 0.615. The number of rotatable bonds is 4. The van der Waals surface area contributed by atoms with Gasteiger partial charge in [-0.3, -0.25) is 4.79 Å². The molecule has 1 aromatic heterocycles. The lowest BCUT2D eigenvalue weighted by molar-refractivity contribution is -0.142. The van der Waals surface area contributed by atoms with Gasteiger partial charge in [0.25, 0.3) is 0 Å². The van der Waals surface area contributed by atoms with Crippen LogP contribution in [0.5, 0.6) is 0 Å². The standard InChI is InChI=1S/C13H19NO2S/c1-10-5-6-12(17-10)11(13(15)16-2)9-14-7-3-4-8-14/h5-6,11H,3-4,7-9H2,1-2H3. The van der Waals surface area contributed by atoms with E-state index in [0.717, 1.165) is 24.5 Å². The lowest BCUT2D eigenvalue weighted by Crippen LogP contribution is -2.30. The van der Waals surface area contributed by atoms with Gasteiger partial charge in [0, 0.05) is 16.3 Å². The van der Waals surface area contributed by atoms with Gasteiger partial charge in [0.15, 0.2) is 0 Å². The van der Waals surface area contributed by atoms with E-state index in [1.54, 1.807) is 11.3 Å². The largest absolute Gasteiger partial charge is 0.468 e. The van der Waals surface area contributed by atoms with Gasteiger partial charge in [-0.2, -0.15) is 0 Å². The summed E-state index contributed by atoms with van der Waals surface area (Å²) in [6, 6.07) is 4.12. The molecule has 2 rings (SSSR count). The van der Waals surface area contributed by atoms with E-state index in [1.807, 2.05) is 0 Å². The van der Waals surface area contributed by atoms with Crippen LogP contribution in [0.3, 0.4) is 0 Å². The van der Waals surface area contributed by atoms with Gasteiger partial charge >= 0.3 is 5.97 Å². The van der Waals surface area contributed by atoms with Crippen LogP contribution in [0.25, 0.3) is 0 Å². The molecule has 3 nitrogen and oxygen atoms in total. The average molecular weight is 253 g/mol. The third-order valence-corrected chi connectivity index (χ3v) is 4.34. The zero-order valence-corrected chi connectivity index (χ0v) is 11.3. The molecule has 0 radical (unpaired) electrons. The van der Waals surface area contributed by atoms with Gasteiger partial charge in [0.2, 0.25) is 0 Å². The van der Waals surface area contributed by atoms with Crippen LogP contribution in [0, 0.1) is 6.92 Å². The van der Waals surface area contributed by atoms with Crippen molar-refractivity contribution in [1.82, 2.24) is 4.90 Å². The number of thiophene rings is 1. The smallest absolute Gasteiger partial charge is 0.315 e. The highest BCUT2D eigenvalue weighted by atomic mass is 32.1. The summed E-state index contributed by atoms with van der Waals surface area (Å²) in [5, 5.41) is 0. The van der Waals surface area contributed by atoms with E-state index < -0.39 is 0 Å². The molecule has 1 atom stereocenters. The van der Waals surface area contributed by atoms with Crippen molar-refractivity contribution in [1.29, 1.82) is 0 Å². The first-order valence-corrected chi connectivity index (χ1v) is 6.89. The Morgan fingerprint density at radius 1 is 1.47 bits per heavy atom. The molecule has 1 aliphatic heterocycles. The quantitative estimate of drug-likeness (QED) is 0.772. The molecule has 1 unspecified atom stereocenters. The molecule has 94 valence electrons. The number of ether oxygens (including phenoxy) is 1. The topological polar surface area (TPSA) is 29.5 Å². The second-order valence-electron chi connectivity index (χ2n) is 4.53. The zero-order chi connectivity index (χ0) is 12.3. The number of carbonyl (C=O) groups excluding carboxylic acids is 1. The summed E-state index contributed by atoms with van der Waals surface area (Å²) in [6.45, 7) is 5.08. The molecule has 1 fully saturated rings. The molecule has 2 heterocycles. The molecule has 0 bridgehead atoms. The molecule has 17 heavy (non-hydrogen) atoms. The molecule has 0 aliphatic carbocycles. The van der Waals surface area contributed by atoms with Crippen LogP contribution in [0.1, 0.15) is 28.5 Å². The third kappa shape index (κ3) is 3.07. The van der Waals surface area contributed by atoms with Gasteiger partial charge in [-0.15, -0.1) is 11.3 Å². The van der Waals surface area contributed by atoms with E-state index in [4.69, 9.17) is 4.74 Å². The van der Waals surface area contributed by atoms with Crippen molar-refractivity contribution < 1.29 is 9.53 Å². The van der Waals surface area contributed by atoms with Gasteiger partial charge in [-0.1, -0.05) is 0 Å². The molecular formula is C13H19NO2S. The third-order valence-electron chi connectivity index (χ3n) is 3.23. The molecule has 0 saturated carbocycles. The summed E-state index contributed by atoms with van der Waals surface area (Å²) in [5.41, 5.74) is 0. The molecule has 0 aromatic carbocycles. The summed E-state index contributed by atoms with van der Waals surface area (Å²) in [4.78, 5) is 16.6. The highest BCUT2D eigenvalue weighted by Crippen LogP contribution is 2.27. The fourth-order valence-electron chi connectivity index (χ4n) is 2.29. The van der Waals surface area contributed by atoms with Crippen LogP contribution >= 0.6 is 11.3 Å². The maximum absolute atomic E-state index is 11.9. The maximum Gasteiger partial charge on any atom is 0.315 e. The number of esters is 1. The second-order valence-corrected chi connectivity index (χ2v) is 5.85. The summed E-state index contributed by atoms with van der Waals surface area (Å²) in [7, 11) is 1.47. The molecule has 0 N–H and O–H groups in total. The Kier molecular flexibility index (Phi) is 4.18. The van der Waals surface area contributed by atoms with E-state index in [-0.39, 0.29) is 11.9 Å². The van der Waals surface area contributed by atoms with E-state index >= 15 is 0 Å². The monoisotopic (exact) mass is 253 g/mol. The summed E-state index contributed by atoms with van der Waals surface area (Å²) >= 11 is 1.70. The Bertz CT molecular complexity index is 383. The van der Waals surface area contributed by atoms with Gasteiger partial charge in [0.05, 0.1) is 7.11 Å². The first-order valence-electron chi connectivity index (χ1n) is 6.07. The van der Waals surface area contributed by atoms with Crippen molar-refractivity contribution in [3.8, 4) is 0 Å². The lowest BCUT2D eigenvalue weighted by atomic mass is 10.1. The number of likely N-dealkylation sites (tertiary alicyclic amines) is 1. The summed E-state index contributed by atoms with van der Waals surface area (Å²) < 4.78 is 4.93. The van der Waals surface area contributed by atoms with Gasteiger partial charge in [-0.05, 0) is 45.0 Å². The number of nitrogens with zero attached hydrogens (tertiary/aromatic N) is 1. The van der Waals surface area contributed by atoms with Crippen LogP contribution in [0.4, 0.5) is 0 Å². The Morgan fingerprint density at radius 2 is 2.18 bits per heavy atom. The Morgan fingerprint density at radius 3 is 2.71 bits per heavy atom. The fourth-order valence-corrected chi connectivity index (χ4v) is 3.24. The van der Waals surface area contributed by atoms with Crippen molar-refractivity contribution in [2.45, 2.75) is 25.7 Å². The van der Waals surface area contributed by atoms with Gasteiger partial charge in [0.1, 0.15) is 5.92 Å². The Hall–Kier alpha value is -0.870. The van der Waals surface area contributed by atoms with Gasteiger partial charge < -0.3 is 9.64 Å². The van der Waals surface area contributed by atoms with Crippen molar-refractivity contribution in [2.24, 2.45) is 0 Å². The number of methoxy groups -OCH3 is 1. The van der Waals surface area contributed by atoms with E-state index in [0.29, 0.717) is 0 Å². The van der Waals surface area contributed by atoms with Gasteiger partial charge in [-0.25, -0.2) is 0 Å². The van der Waals surface area contributed by atoms with Crippen molar-refractivity contribution in [2.75, 3.05) is 26.7 Å². The number of carbonyl (C=O) groups is 1. The number of hydrogen-bond donors (Lipinski definition) is 0. The SMILES string of the molecule is COC(=O)C(CN1CCCC1)c1ccc(C)s1. The van der Waals surface area contributed by atoms with Crippen LogP contribution in [0.2, 0.25) is 0 Å². The van der Waals surface area contributed by atoms with E-state index in [1.165, 1.54) is 24.8 Å². The van der Waals surface area contributed by atoms with Crippen LogP contribution in [0.15, 0.2) is 12.1 Å². The summed E-state index contributed by atoms with van der Waals surface area (Å²) in [6.07, 6.45) is 2.49. The second kappa shape index (κ2) is 5.65. The summed E-state index contributed by atoms with van der Waals surface area (Å²) in [5.74, 6) is -0.226. The molecule has 1 saturated heterocycles. The number of hydrogen-bond acceptors (Lipinski definition) is 4. The minimum atomic E-state index is -0.114. The first-order chi connectivity index (χ1) is 8.20. The molecule has 0 spiro atoms. The Balaban J connectivity index is 2.10. The normalized spacial score (nSPS) is 18.2. The first kappa shape index (κ1) is 12.6. The van der Waals surface area contributed by atoms with Crippen LogP contribution < -0.4 is 0 Å². The Labute approximate surface area is 106 Å². The van der Waals surface area contributed by atoms with Crippen molar-refractivity contribution in [3.63, 3.8) is 0 Å². The molecule has 1 aromatic rings. The predicted molar refractivity (Wildman–Crippen MR) is 69.5 cm³/mol. The minimum Gasteiger partial charge on any atom is -0.468 e. The lowest BCUT2D eigenvalue weighted by Gasteiger charge is -2.20. The number of aryl methyl sites for hydroxylation is 1. The highest BCUT2D eigenvalue weighted by Gasteiger charge is 2.26. The molecule has 1 aliphatic rings. The van der Waals surface area contributed by atoms with Crippen LogP contribution in [-0.4, -0.2) is 37.6 Å². The van der Waals surface area contributed by atoms with E-state index in [2.05, 4.69) is 24.0 Å². The average Bonchev–Trinajstić information content (AvgIpc) is 2.96. The van der Waals surface area contributed by atoms with Crippen LogP contribution in [-0.2, 0) is 9.53 Å². The highest BCUT2D eigenvalue weighted by molar-refractivity contribution is 7.12. The maximum atomic E-state index is 11.9. The van der Waals surface area contributed by atoms with Crippen molar-refractivity contribution in [3.05, 3.63) is 21.9 Å². The minimum absolute atomic E-state index is 0.112. The molecular weight excluding hydrogens is 234 g/mol. The van der Waals surface area contributed by atoms with Crippen molar-refractivity contribution >= 4 is 17.3 Å². The molecule has 4 heteroatoms. The zero-order valence-electron chi connectivity index (χ0n) is 10.4. The predicted octanol–water partition coefficient (Wildman–Crippen LogP) is 2.41.